The Bertz CT molecular complexity index is 1050. The van der Waals surface area contributed by atoms with E-state index in [1.165, 1.54) is 0 Å². The van der Waals surface area contributed by atoms with Crippen LogP contribution in [0.15, 0.2) is 6.07 Å². The lowest BCUT2D eigenvalue weighted by Crippen LogP contribution is -2.46. The molecule has 9 heteroatoms. The van der Waals surface area contributed by atoms with Gasteiger partial charge in [-0.3, -0.25) is 0 Å². The molecule has 0 saturated heterocycles. The summed E-state index contributed by atoms with van der Waals surface area (Å²) < 4.78 is 94.7. The topological polar surface area (TPSA) is 9.23 Å². The van der Waals surface area contributed by atoms with Crippen molar-refractivity contribution in [2.45, 2.75) is 115 Å². The standard InChI is InChI=1S/C28H42F6OSi2/c1-7-11-12-13-16-37(19(5)6,17-14-15-36(8-2,9-3)10-4)35-28-26(33)23-22(25(32)27(28)34)20(29)18-21(30)24(23)31/h18-19H,7-17H2,1-6H3. The highest BCUT2D eigenvalue weighted by molar-refractivity contribution is 6.80. The van der Waals surface area contributed by atoms with Gasteiger partial charge in [-0.2, -0.15) is 4.39 Å². The van der Waals surface area contributed by atoms with E-state index in [0.29, 0.717) is 12.1 Å². The summed E-state index contributed by atoms with van der Waals surface area (Å²) in [6, 6.07) is 5.87. The number of benzene rings is 2. The Morgan fingerprint density at radius 2 is 1.24 bits per heavy atom. The van der Waals surface area contributed by atoms with Gasteiger partial charge in [0, 0.05) is 6.07 Å². The zero-order valence-corrected chi connectivity index (χ0v) is 25.1. The quantitative estimate of drug-likeness (QED) is 0.0905. The van der Waals surface area contributed by atoms with Crippen molar-refractivity contribution in [2.75, 3.05) is 0 Å². The molecule has 0 heterocycles. The first-order chi connectivity index (χ1) is 17.4. The number of hydrogen-bond donors (Lipinski definition) is 0. The Morgan fingerprint density at radius 3 is 1.78 bits per heavy atom. The van der Waals surface area contributed by atoms with E-state index < -0.39 is 67.8 Å². The molecule has 37 heavy (non-hydrogen) atoms. The smallest absolute Gasteiger partial charge is 0.254 e. The lowest BCUT2D eigenvalue weighted by molar-refractivity contribution is 0.405. The average molecular weight is 565 g/mol. The van der Waals surface area contributed by atoms with Crippen LogP contribution in [0.5, 0.6) is 5.75 Å². The summed E-state index contributed by atoms with van der Waals surface area (Å²) in [5, 5.41) is -2.50. The largest absolute Gasteiger partial charge is 0.539 e. The van der Waals surface area contributed by atoms with E-state index in [4.69, 9.17) is 4.43 Å². The van der Waals surface area contributed by atoms with Crippen molar-refractivity contribution in [1.82, 2.24) is 0 Å². The van der Waals surface area contributed by atoms with Crippen molar-refractivity contribution in [3.8, 4) is 5.75 Å². The molecule has 2 aromatic carbocycles. The molecule has 0 spiro atoms. The number of fused-ring (bicyclic) bond motifs is 1. The summed E-state index contributed by atoms with van der Waals surface area (Å²) in [6.45, 7) is 12.7. The third-order valence-electron chi connectivity index (χ3n) is 8.57. The van der Waals surface area contributed by atoms with Crippen molar-refractivity contribution in [2.24, 2.45) is 0 Å². The van der Waals surface area contributed by atoms with E-state index in [1.807, 2.05) is 13.8 Å². The van der Waals surface area contributed by atoms with Crippen LogP contribution in [0.2, 0.25) is 41.8 Å². The van der Waals surface area contributed by atoms with Gasteiger partial charge in [-0.05, 0) is 17.6 Å². The molecule has 210 valence electrons. The van der Waals surface area contributed by atoms with Crippen molar-refractivity contribution in [3.05, 3.63) is 41.0 Å². The fraction of sp³-hybridized carbons (Fsp3) is 0.643. The molecule has 0 N–H and O–H groups in total. The fourth-order valence-electron chi connectivity index (χ4n) is 5.54. The van der Waals surface area contributed by atoms with E-state index in [9.17, 15) is 17.6 Å². The Kier molecular flexibility index (Phi) is 11.6. The molecular weight excluding hydrogens is 522 g/mol. The van der Waals surface area contributed by atoms with Gasteiger partial charge in [-0.25, -0.2) is 22.0 Å². The highest BCUT2D eigenvalue weighted by atomic mass is 28.4. The molecule has 2 rings (SSSR count). The van der Waals surface area contributed by atoms with Gasteiger partial charge in [0.2, 0.25) is 5.82 Å². The second-order valence-corrected chi connectivity index (χ2v) is 20.8. The molecule has 1 atom stereocenters. The molecule has 0 amide bonds. The van der Waals surface area contributed by atoms with Crippen molar-refractivity contribution in [3.63, 3.8) is 0 Å². The molecule has 0 aromatic heterocycles. The maximum atomic E-state index is 15.6. The highest BCUT2D eigenvalue weighted by Crippen LogP contribution is 2.42. The Labute approximate surface area is 220 Å². The Balaban J connectivity index is 2.59. The summed E-state index contributed by atoms with van der Waals surface area (Å²) in [6.07, 6.45) is 4.60. The van der Waals surface area contributed by atoms with E-state index in [2.05, 4.69) is 27.7 Å². The van der Waals surface area contributed by atoms with Gasteiger partial charge in [0.05, 0.1) is 18.8 Å². The summed E-state index contributed by atoms with van der Waals surface area (Å²) in [5.41, 5.74) is -0.0678. The minimum Gasteiger partial charge on any atom is -0.539 e. The first kappa shape index (κ1) is 31.7. The highest BCUT2D eigenvalue weighted by Gasteiger charge is 2.43. The third-order valence-corrected chi connectivity index (χ3v) is 19.6. The predicted octanol–water partition coefficient (Wildman–Crippen LogP) is 10.9. The maximum Gasteiger partial charge on any atom is 0.254 e. The summed E-state index contributed by atoms with van der Waals surface area (Å²) in [7, 11) is -4.40. The molecule has 0 bridgehead atoms. The van der Waals surface area contributed by atoms with E-state index in [1.54, 1.807) is 0 Å². The average Bonchev–Trinajstić information content (AvgIpc) is 2.87. The fourth-order valence-corrected chi connectivity index (χ4v) is 13.4. The second-order valence-electron chi connectivity index (χ2n) is 10.7. The summed E-state index contributed by atoms with van der Waals surface area (Å²) in [4.78, 5) is 0. The van der Waals surface area contributed by atoms with Gasteiger partial charge in [0.1, 0.15) is 5.82 Å². The van der Waals surface area contributed by atoms with Crippen molar-refractivity contribution >= 4 is 27.2 Å². The SMILES string of the molecule is CCCCCC[Si](CCC[Si](CC)(CC)CC)(Oc1c(F)c(F)c2c(F)cc(F)c(F)c2c1F)C(C)C. The van der Waals surface area contributed by atoms with Gasteiger partial charge < -0.3 is 4.43 Å². The van der Waals surface area contributed by atoms with Crippen LogP contribution in [0.1, 0.15) is 73.6 Å². The zero-order chi connectivity index (χ0) is 28.0. The zero-order valence-electron chi connectivity index (χ0n) is 23.1. The maximum absolute atomic E-state index is 15.6. The van der Waals surface area contributed by atoms with Crippen LogP contribution in [0, 0.1) is 34.9 Å². The van der Waals surface area contributed by atoms with Crippen molar-refractivity contribution in [1.29, 1.82) is 0 Å². The predicted molar refractivity (Wildman–Crippen MR) is 146 cm³/mol. The Hall–Kier alpha value is -1.49. The molecule has 0 aliphatic rings. The number of hydrogen-bond acceptors (Lipinski definition) is 1. The third kappa shape index (κ3) is 6.75. The molecule has 0 aliphatic heterocycles. The van der Waals surface area contributed by atoms with Gasteiger partial charge >= 0.3 is 0 Å². The molecule has 0 fully saturated rings. The summed E-state index contributed by atoms with van der Waals surface area (Å²) in [5.74, 6) is -11.1. The van der Waals surface area contributed by atoms with E-state index >= 15 is 8.78 Å². The first-order valence-corrected chi connectivity index (χ1v) is 19.0. The summed E-state index contributed by atoms with van der Waals surface area (Å²) >= 11 is 0. The van der Waals surface area contributed by atoms with Gasteiger partial charge in [-0.1, -0.05) is 97.8 Å². The van der Waals surface area contributed by atoms with Crippen LogP contribution >= 0.6 is 0 Å². The van der Waals surface area contributed by atoms with E-state index in [-0.39, 0.29) is 11.6 Å². The molecule has 0 saturated carbocycles. The molecular formula is C28H42F6OSi2. The van der Waals surface area contributed by atoms with Gasteiger partial charge in [0.25, 0.3) is 8.32 Å². The van der Waals surface area contributed by atoms with Gasteiger partial charge in [0.15, 0.2) is 29.0 Å². The lowest BCUT2D eigenvalue weighted by Gasteiger charge is -2.37. The minimum absolute atomic E-state index is 0.0678. The molecule has 1 nitrogen and oxygen atoms in total. The minimum atomic E-state index is -2.95. The molecule has 0 radical (unpaired) electrons. The van der Waals surface area contributed by atoms with Gasteiger partial charge in [-0.15, -0.1) is 0 Å². The lowest BCUT2D eigenvalue weighted by atomic mass is 10.1. The molecule has 1 unspecified atom stereocenters. The second kappa shape index (κ2) is 13.5. The first-order valence-electron chi connectivity index (χ1n) is 13.8. The monoisotopic (exact) mass is 564 g/mol. The number of rotatable bonds is 15. The van der Waals surface area contributed by atoms with Crippen LogP contribution in [-0.4, -0.2) is 16.4 Å². The van der Waals surface area contributed by atoms with E-state index in [0.717, 1.165) is 56.3 Å². The van der Waals surface area contributed by atoms with Crippen molar-refractivity contribution < 1.29 is 30.8 Å². The number of unbranched alkanes of at least 4 members (excludes halogenated alkanes) is 3. The van der Waals surface area contributed by atoms with Crippen LogP contribution in [0.25, 0.3) is 10.8 Å². The van der Waals surface area contributed by atoms with Crippen LogP contribution in [-0.2, 0) is 0 Å². The molecule has 0 aliphatic carbocycles. The van der Waals surface area contributed by atoms with Crippen LogP contribution in [0.3, 0.4) is 0 Å². The normalized spacial score (nSPS) is 14.0. The number of halogens is 6. The van der Waals surface area contributed by atoms with Crippen LogP contribution < -0.4 is 4.43 Å². The molecule has 2 aromatic rings. The van der Waals surface area contributed by atoms with Crippen LogP contribution in [0.4, 0.5) is 26.3 Å². The Morgan fingerprint density at radius 1 is 0.649 bits per heavy atom.